The SMILES string of the molecule is Cc1ccc(C(C)(C)C)cc1/C(O)=C1\C(=O)C(=O)N(c2ccccc2)C1c1ccccn1. The number of anilines is 1. The van der Waals surface area contributed by atoms with Crippen LogP contribution < -0.4 is 4.90 Å². The molecule has 4 rings (SSSR count). The van der Waals surface area contributed by atoms with Crippen LogP contribution in [0.2, 0.25) is 0 Å². The smallest absolute Gasteiger partial charge is 0.300 e. The number of benzene rings is 2. The first-order chi connectivity index (χ1) is 15.2. The number of aromatic nitrogens is 1. The van der Waals surface area contributed by atoms with Crippen LogP contribution in [0.4, 0.5) is 5.69 Å². The van der Waals surface area contributed by atoms with Gasteiger partial charge in [-0.3, -0.25) is 19.5 Å². The third-order valence-corrected chi connectivity index (χ3v) is 5.81. The Hall–Kier alpha value is -3.73. The Kier molecular flexibility index (Phi) is 5.43. The number of carbonyl (C=O) groups excluding carboxylic acids is 2. The highest BCUT2D eigenvalue weighted by atomic mass is 16.3. The summed E-state index contributed by atoms with van der Waals surface area (Å²) in [7, 11) is 0. The number of carbonyl (C=O) groups is 2. The first-order valence-corrected chi connectivity index (χ1v) is 10.6. The molecule has 1 saturated heterocycles. The second kappa shape index (κ2) is 8.08. The Morgan fingerprint density at radius 3 is 2.28 bits per heavy atom. The molecular formula is C27H26N2O3. The fourth-order valence-corrected chi connectivity index (χ4v) is 3.99. The van der Waals surface area contributed by atoms with E-state index in [2.05, 4.69) is 25.8 Å². The maximum atomic E-state index is 13.2. The summed E-state index contributed by atoms with van der Waals surface area (Å²) in [4.78, 5) is 32.2. The molecule has 5 nitrogen and oxygen atoms in total. The van der Waals surface area contributed by atoms with E-state index < -0.39 is 17.7 Å². The summed E-state index contributed by atoms with van der Waals surface area (Å²) < 4.78 is 0. The minimum absolute atomic E-state index is 0.0479. The maximum absolute atomic E-state index is 13.2. The van der Waals surface area contributed by atoms with Gasteiger partial charge in [-0.2, -0.15) is 0 Å². The van der Waals surface area contributed by atoms with Crippen LogP contribution >= 0.6 is 0 Å². The van der Waals surface area contributed by atoms with Crippen molar-refractivity contribution in [1.29, 1.82) is 0 Å². The highest BCUT2D eigenvalue weighted by Gasteiger charge is 2.47. The number of Topliss-reactive ketones (excluding diaryl/α,β-unsaturated/α-hetero) is 1. The minimum atomic E-state index is -0.823. The Morgan fingerprint density at radius 1 is 0.969 bits per heavy atom. The number of aryl methyl sites for hydroxylation is 1. The number of hydrogen-bond acceptors (Lipinski definition) is 4. The van der Waals surface area contributed by atoms with Crippen LogP contribution in [-0.4, -0.2) is 21.8 Å². The molecule has 1 atom stereocenters. The van der Waals surface area contributed by atoms with E-state index in [4.69, 9.17) is 0 Å². The molecule has 1 aliphatic rings. The van der Waals surface area contributed by atoms with Crippen LogP contribution in [0, 0.1) is 6.92 Å². The van der Waals surface area contributed by atoms with Gasteiger partial charge in [-0.25, -0.2) is 0 Å². The number of aliphatic hydroxyl groups excluding tert-OH is 1. The van der Waals surface area contributed by atoms with Gasteiger partial charge in [0.1, 0.15) is 11.8 Å². The van der Waals surface area contributed by atoms with Crippen molar-refractivity contribution in [2.75, 3.05) is 4.90 Å². The van der Waals surface area contributed by atoms with Gasteiger partial charge in [0.2, 0.25) is 0 Å². The minimum Gasteiger partial charge on any atom is -0.507 e. The van der Waals surface area contributed by atoms with E-state index in [0.29, 0.717) is 16.9 Å². The Labute approximate surface area is 188 Å². The summed E-state index contributed by atoms with van der Waals surface area (Å²) in [6.45, 7) is 8.14. The average molecular weight is 427 g/mol. The van der Waals surface area contributed by atoms with E-state index in [1.807, 2.05) is 31.2 Å². The lowest BCUT2D eigenvalue weighted by atomic mass is 9.84. The first-order valence-electron chi connectivity index (χ1n) is 10.6. The van der Waals surface area contributed by atoms with Crippen molar-refractivity contribution in [2.24, 2.45) is 0 Å². The Balaban J connectivity index is 1.97. The molecule has 0 bridgehead atoms. The van der Waals surface area contributed by atoms with Crippen LogP contribution in [0.25, 0.3) is 5.76 Å². The van der Waals surface area contributed by atoms with Gasteiger partial charge in [0, 0.05) is 17.4 Å². The van der Waals surface area contributed by atoms with Crippen molar-refractivity contribution in [1.82, 2.24) is 4.98 Å². The molecule has 2 aromatic carbocycles. The summed E-state index contributed by atoms with van der Waals surface area (Å²) >= 11 is 0. The molecule has 1 amide bonds. The van der Waals surface area contributed by atoms with Gasteiger partial charge in [0.25, 0.3) is 11.7 Å². The van der Waals surface area contributed by atoms with E-state index >= 15 is 0 Å². The molecule has 1 N–H and O–H groups in total. The summed E-state index contributed by atoms with van der Waals surface area (Å²) in [5.74, 6) is -1.58. The molecule has 0 spiro atoms. The number of ketones is 1. The van der Waals surface area contributed by atoms with E-state index in [1.54, 1.807) is 48.7 Å². The number of aliphatic hydroxyl groups is 1. The van der Waals surface area contributed by atoms with E-state index in [9.17, 15) is 14.7 Å². The third-order valence-electron chi connectivity index (χ3n) is 5.81. The van der Waals surface area contributed by atoms with Crippen LogP contribution in [0.5, 0.6) is 0 Å². The molecule has 162 valence electrons. The molecule has 32 heavy (non-hydrogen) atoms. The zero-order chi connectivity index (χ0) is 23.0. The van der Waals surface area contributed by atoms with E-state index in [0.717, 1.165) is 11.1 Å². The van der Waals surface area contributed by atoms with Crippen LogP contribution in [0.3, 0.4) is 0 Å². The summed E-state index contributed by atoms with van der Waals surface area (Å²) in [5, 5.41) is 11.4. The highest BCUT2D eigenvalue weighted by Crippen LogP contribution is 2.42. The molecule has 1 aliphatic heterocycles. The van der Waals surface area contributed by atoms with Crippen molar-refractivity contribution in [2.45, 2.75) is 39.2 Å². The van der Waals surface area contributed by atoms with Crippen molar-refractivity contribution < 1.29 is 14.7 Å². The first kappa shape index (κ1) is 21.5. The maximum Gasteiger partial charge on any atom is 0.300 e. The standard InChI is InChI=1S/C27H26N2O3/c1-17-13-14-18(27(2,3)4)16-20(17)24(30)22-23(21-12-8-9-15-28-21)29(26(32)25(22)31)19-10-6-5-7-11-19/h5-16,23,30H,1-4H3/b24-22+. The normalized spacial score (nSPS) is 18.2. The highest BCUT2D eigenvalue weighted by molar-refractivity contribution is 6.51. The largest absolute Gasteiger partial charge is 0.507 e. The number of amides is 1. The van der Waals surface area contributed by atoms with Crippen LogP contribution in [0.15, 0.2) is 78.5 Å². The monoisotopic (exact) mass is 426 g/mol. The summed E-state index contributed by atoms with van der Waals surface area (Å²) in [6, 6.07) is 19.4. The van der Waals surface area contributed by atoms with Gasteiger partial charge >= 0.3 is 0 Å². The molecule has 0 saturated carbocycles. The second-order valence-electron chi connectivity index (χ2n) is 9.04. The lowest BCUT2D eigenvalue weighted by Gasteiger charge is -2.25. The summed E-state index contributed by atoms with van der Waals surface area (Å²) in [5.41, 5.74) is 3.39. The number of pyridine rings is 1. The van der Waals surface area contributed by atoms with Gasteiger partial charge in [-0.1, -0.05) is 57.2 Å². The van der Waals surface area contributed by atoms with Crippen LogP contribution in [0.1, 0.15) is 49.2 Å². The van der Waals surface area contributed by atoms with Gasteiger partial charge in [-0.15, -0.1) is 0 Å². The van der Waals surface area contributed by atoms with Crippen molar-refractivity contribution in [3.8, 4) is 0 Å². The molecule has 5 heteroatoms. The topological polar surface area (TPSA) is 70.5 Å². The van der Waals surface area contributed by atoms with Crippen molar-refractivity contribution in [3.63, 3.8) is 0 Å². The predicted molar refractivity (Wildman–Crippen MR) is 125 cm³/mol. The van der Waals surface area contributed by atoms with Gasteiger partial charge in [0.05, 0.1) is 11.3 Å². The Bertz CT molecular complexity index is 1210. The lowest BCUT2D eigenvalue weighted by Crippen LogP contribution is -2.29. The fourth-order valence-electron chi connectivity index (χ4n) is 3.99. The molecule has 2 heterocycles. The quantitative estimate of drug-likeness (QED) is 0.350. The molecule has 0 aliphatic carbocycles. The average Bonchev–Trinajstić information content (AvgIpc) is 3.04. The molecule has 3 aromatic rings. The Morgan fingerprint density at radius 2 is 1.66 bits per heavy atom. The zero-order valence-electron chi connectivity index (χ0n) is 18.7. The molecule has 1 aromatic heterocycles. The predicted octanol–water partition coefficient (Wildman–Crippen LogP) is 5.31. The zero-order valence-corrected chi connectivity index (χ0v) is 18.7. The number of para-hydroxylation sites is 1. The van der Waals surface area contributed by atoms with Gasteiger partial charge < -0.3 is 5.11 Å². The summed E-state index contributed by atoms with van der Waals surface area (Å²) in [6.07, 6.45) is 1.62. The lowest BCUT2D eigenvalue weighted by molar-refractivity contribution is -0.132. The second-order valence-corrected chi connectivity index (χ2v) is 9.04. The van der Waals surface area contributed by atoms with Gasteiger partial charge in [-0.05, 0) is 53.8 Å². The number of nitrogens with zero attached hydrogens (tertiary/aromatic N) is 2. The molecular weight excluding hydrogens is 400 g/mol. The van der Waals surface area contributed by atoms with Crippen LogP contribution in [-0.2, 0) is 15.0 Å². The van der Waals surface area contributed by atoms with E-state index in [1.165, 1.54) is 4.90 Å². The van der Waals surface area contributed by atoms with Gasteiger partial charge in [0.15, 0.2) is 0 Å². The molecule has 1 unspecified atom stereocenters. The van der Waals surface area contributed by atoms with E-state index in [-0.39, 0.29) is 16.7 Å². The number of rotatable bonds is 3. The third kappa shape index (κ3) is 3.71. The molecule has 0 radical (unpaired) electrons. The van der Waals surface area contributed by atoms with Crippen molar-refractivity contribution in [3.05, 3.63) is 101 Å². The molecule has 1 fully saturated rings. The van der Waals surface area contributed by atoms with Crippen molar-refractivity contribution >= 4 is 23.1 Å². The number of hydrogen-bond donors (Lipinski definition) is 1. The fraction of sp³-hybridized carbons (Fsp3) is 0.222.